The van der Waals surface area contributed by atoms with Gasteiger partial charge in [0.05, 0.1) is 5.75 Å². The summed E-state index contributed by atoms with van der Waals surface area (Å²) in [7, 11) is -3.58. The van der Waals surface area contributed by atoms with E-state index in [2.05, 4.69) is 10.3 Å². The number of sulfone groups is 1. The maximum Gasteiger partial charge on any atom is 0.296 e. The smallest absolute Gasteiger partial charge is 0.296 e. The van der Waals surface area contributed by atoms with Crippen LogP contribution in [0.1, 0.15) is 54.0 Å². The molecule has 0 saturated heterocycles. The second kappa shape index (κ2) is 7.50. The number of benzene rings is 1. The molecule has 160 valence electrons. The Kier molecular flexibility index (Phi) is 5.13. The molecule has 1 aliphatic heterocycles. The first-order valence-electron chi connectivity index (χ1n) is 9.84. The monoisotopic (exact) mass is 435 g/mol. The molecule has 0 radical (unpaired) electrons. The first kappa shape index (κ1) is 20.5. The van der Waals surface area contributed by atoms with Gasteiger partial charge in [0.2, 0.25) is 5.75 Å². The summed E-state index contributed by atoms with van der Waals surface area (Å²) in [5, 5.41) is 12.9. The van der Waals surface area contributed by atoms with Crippen LogP contribution in [0.15, 0.2) is 29.1 Å². The zero-order valence-corrected chi connectivity index (χ0v) is 17.0. The molecule has 0 atom stereocenters. The highest BCUT2D eigenvalue weighted by atomic mass is 32.2. The molecule has 0 bridgehead atoms. The van der Waals surface area contributed by atoms with E-state index in [1.54, 1.807) is 0 Å². The van der Waals surface area contributed by atoms with Crippen LogP contribution in [0.5, 0.6) is 5.75 Å². The predicted octanol–water partition coefficient (Wildman–Crippen LogP) is 1.61. The highest BCUT2D eigenvalue weighted by Crippen LogP contribution is 2.46. The largest absolute Gasteiger partial charge is 0.501 e. The molecule has 30 heavy (non-hydrogen) atoms. The molecule has 2 aromatic rings. The molecule has 2 aliphatic rings. The first-order chi connectivity index (χ1) is 14.2. The summed E-state index contributed by atoms with van der Waals surface area (Å²) in [5.74, 6) is -2.03. The van der Waals surface area contributed by atoms with Crippen LogP contribution >= 0.6 is 0 Å². The van der Waals surface area contributed by atoms with E-state index >= 15 is 0 Å². The number of halogens is 1. The van der Waals surface area contributed by atoms with Crippen molar-refractivity contribution in [2.45, 2.75) is 49.9 Å². The normalized spacial score (nSPS) is 19.2. The molecule has 1 aliphatic carbocycles. The molecule has 1 saturated carbocycles. The maximum atomic E-state index is 13.1. The van der Waals surface area contributed by atoms with Gasteiger partial charge in [-0.25, -0.2) is 17.8 Å². The van der Waals surface area contributed by atoms with Crippen molar-refractivity contribution in [3.63, 3.8) is 0 Å². The van der Waals surface area contributed by atoms with E-state index in [1.165, 1.54) is 28.8 Å². The Morgan fingerprint density at radius 2 is 1.87 bits per heavy atom. The van der Waals surface area contributed by atoms with Gasteiger partial charge in [-0.05, 0) is 37.0 Å². The summed E-state index contributed by atoms with van der Waals surface area (Å²) in [5.41, 5.74) is -0.683. The molecule has 2 heterocycles. The number of fused-ring (bicyclic) bond motifs is 2. The Balaban J connectivity index is 1.75. The number of amides is 1. The number of aromatic hydroxyl groups is 1. The lowest BCUT2D eigenvalue weighted by molar-refractivity contribution is 0.0941. The second-order valence-corrected chi connectivity index (χ2v) is 10.2. The van der Waals surface area contributed by atoms with Crippen LogP contribution in [0, 0.1) is 5.82 Å². The van der Waals surface area contributed by atoms with Crippen molar-refractivity contribution in [2.24, 2.45) is 0 Å². The summed E-state index contributed by atoms with van der Waals surface area (Å²) in [6, 6.07) is 5.49. The van der Waals surface area contributed by atoms with Gasteiger partial charge in [0.25, 0.3) is 11.5 Å². The van der Waals surface area contributed by atoms with Gasteiger partial charge < -0.3 is 10.4 Å². The minimum absolute atomic E-state index is 0.0299. The fourth-order valence-corrected chi connectivity index (χ4v) is 6.60. The third-order valence-electron chi connectivity index (χ3n) is 5.94. The minimum Gasteiger partial charge on any atom is -0.501 e. The Morgan fingerprint density at radius 3 is 2.53 bits per heavy atom. The van der Waals surface area contributed by atoms with Gasteiger partial charge in [0.15, 0.2) is 15.5 Å². The number of nitrogens with one attached hydrogen (secondary N) is 1. The van der Waals surface area contributed by atoms with Crippen LogP contribution < -0.4 is 10.9 Å². The summed E-state index contributed by atoms with van der Waals surface area (Å²) in [6.07, 6.45) is 2.28. The zero-order valence-electron chi connectivity index (χ0n) is 16.2. The van der Waals surface area contributed by atoms with Gasteiger partial charge >= 0.3 is 0 Å². The van der Waals surface area contributed by atoms with Crippen molar-refractivity contribution in [1.29, 1.82) is 0 Å². The Labute approximate surface area is 172 Å². The van der Waals surface area contributed by atoms with Gasteiger partial charge in [-0.1, -0.05) is 25.0 Å². The summed E-state index contributed by atoms with van der Waals surface area (Å²) in [4.78, 5) is 29.8. The van der Waals surface area contributed by atoms with Gasteiger partial charge in [-0.3, -0.25) is 14.2 Å². The third-order valence-corrected chi connectivity index (χ3v) is 8.54. The molecule has 2 N–H and O–H groups in total. The predicted molar refractivity (Wildman–Crippen MR) is 106 cm³/mol. The SMILES string of the molecule is O=C(NCc1ccc(F)cc1)c1nc2n(c(=O)c1O)CCCS(=O)(=O)C21CCCC1. The number of carbonyl (C=O) groups is 1. The van der Waals surface area contributed by atoms with Crippen LogP contribution in [-0.4, -0.2) is 34.7 Å². The molecule has 10 heteroatoms. The number of nitrogens with zero attached hydrogens (tertiary/aromatic N) is 2. The van der Waals surface area contributed by atoms with Gasteiger partial charge in [0.1, 0.15) is 16.4 Å². The fourth-order valence-electron chi connectivity index (χ4n) is 4.35. The molecule has 4 rings (SSSR count). The van der Waals surface area contributed by atoms with Crippen molar-refractivity contribution in [1.82, 2.24) is 14.9 Å². The number of carbonyl (C=O) groups excluding carboxylic acids is 1. The highest BCUT2D eigenvalue weighted by molar-refractivity contribution is 7.92. The van der Waals surface area contributed by atoms with Crippen molar-refractivity contribution in [3.8, 4) is 5.75 Å². The number of aromatic nitrogens is 2. The average Bonchev–Trinajstić information content (AvgIpc) is 3.18. The maximum absolute atomic E-state index is 13.1. The molecule has 1 amide bonds. The lowest BCUT2D eigenvalue weighted by Crippen LogP contribution is -2.40. The van der Waals surface area contributed by atoms with E-state index in [9.17, 15) is 27.5 Å². The Morgan fingerprint density at radius 1 is 1.20 bits per heavy atom. The van der Waals surface area contributed by atoms with Gasteiger partial charge in [-0.2, -0.15) is 0 Å². The number of hydrogen-bond donors (Lipinski definition) is 2. The van der Waals surface area contributed by atoms with E-state index < -0.39 is 43.3 Å². The molecule has 8 nitrogen and oxygen atoms in total. The standard InChI is InChI=1S/C20H22FN3O5S/c21-14-6-4-13(5-7-14)12-22-17(26)15-16(25)18(27)24-10-3-11-30(28,29)20(19(24)23-15)8-1-2-9-20/h4-7,25H,1-3,8-12H2,(H,22,26). The topological polar surface area (TPSA) is 118 Å². The van der Waals surface area contributed by atoms with Crippen molar-refractivity contribution in [2.75, 3.05) is 5.75 Å². The number of rotatable bonds is 3. The Hall–Kier alpha value is -2.75. The van der Waals surface area contributed by atoms with E-state index in [-0.39, 0.29) is 31.1 Å². The lowest BCUT2D eigenvalue weighted by Gasteiger charge is -2.28. The molecule has 1 aromatic carbocycles. The molecule has 1 fully saturated rings. The lowest BCUT2D eigenvalue weighted by atomic mass is 10.1. The zero-order chi connectivity index (χ0) is 21.5. The molecular weight excluding hydrogens is 413 g/mol. The van der Waals surface area contributed by atoms with Gasteiger partial charge in [-0.15, -0.1) is 0 Å². The van der Waals surface area contributed by atoms with Crippen LogP contribution in [-0.2, 0) is 27.7 Å². The number of hydrogen-bond acceptors (Lipinski definition) is 6. The fraction of sp³-hybridized carbons (Fsp3) is 0.450. The summed E-state index contributed by atoms with van der Waals surface area (Å²) in [6.45, 7) is 0.148. The third kappa shape index (κ3) is 3.28. The van der Waals surface area contributed by atoms with Crippen LogP contribution in [0.2, 0.25) is 0 Å². The van der Waals surface area contributed by atoms with Crippen LogP contribution in [0.25, 0.3) is 0 Å². The van der Waals surface area contributed by atoms with Crippen molar-refractivity contribution < 1.29 is 22.7 Å². The van der Waals surface area contributed by atoms with E-state index in [0.29, 0.717) is 31.2 Å². The van der Waals surface area contributed by atoms with Gasteiger partial charge in [0, 0.05) is 13.1 Å². The first-order valence-corrected chi connectivity index (χ1v) is 11.5. The second-order valence-electron chi connectivity index (χ2n) is 7.77. The van der Waals surface area contributed by atoms with E-state index in [4.69, 9.17) is 0 Å². The van der Waals surface area contributed by atoms with Crippen molar-refractivity contribution in [3.05, 3.63) is 57.5 Å². The van der Waals surface area contributed by atoms with Crippen LogP contribution in [0.3, 0.4) is 0 Å². The van der Waals surface area contributed by atoms with E-state index in [0.717, 1.165) is 0 Å². The van der Waals surface area contributed by atoms with E-state index in [1.807, 2.05) is 0 Å². The summed E-state index contributed by atoms with van der Waals surface area (Å²) >= 11 is 0. The Bertz CT molecular complexity index is 1150. The minimum atomic E-state index is -3.58. The van der Waals surface area contributed by atoms with Crippen molar-refractivity contribution >= 4 is 15.7 Å². The molecular formula is C20H22FN3O5S. The average molecular weight is 435 g/mol. The highest BCUT2D eigenvalue weighted by Gasteiger charge is 2.51. The van der Waals surface area contributed by atoms with Crippen LogP contribution in [0.4, 0.5) is 4.39 Å². The summed E-state index contributed by atoms with van der Waals surface area (Å²) < 4.78 is 39.0. The quantitative estimate of drug-likeness (QED) is 0.756. The molecule has 1 aromatic heterocycles. The molecule has 0 unspecified atom stereocenters. The molecule has 1 spiro atoms.